The number of hydrogen-bond acceptors (Lipinski definition) is 3. The van der Waals surface area contributed by atoms with Gasteiger partial charge in [-0.15, -0.1) is 0 Å². The Hall–Kier alpha value is -1.16. The van der Waals surface area contributed by atoms with Gasteiger partial charge in [-0.25, -0.2) is 4.98 Å². The van der Waals surface area contributed by atoms with Crippen molar-refractivity contribution in [1.29, 1.82) is 0 Å². The normalized spacial score (nSPS) is 21.4. The standard InChI is InChI=1S/C13H22N4/c1-12(2)5-7-16-6-3-4-13(8-16)9-17-11-14-10-15-17/h5,10-11,13H,3-4,6-9H2,1-2H3/t13-/m1/s1. The van der Waals surface area contributed by atoms with Crippen molar-refractivity contribution in [3.8, 4) is 0 Å². The number of rotatable bonds is 4. The first-order valence-electron chi connectivity index (χ1n) is 6.42. The topological polar surface area (TPSA) is 34.0 Å². The SMILES string of the molecule is CC(C)=CCN1CCC[C@@H](Cn2cncn2)C1. The van der Waals surface area contributed by atoms with Crippen LogP contribution in [-0.4, -0.2) is 39.3 Å². The van der Waals surface area contributed by atoms with Gasteiger partial charge >= 0.3 is 0 Å². The number of piperidine rings is 1. The van der Waals surface area contributed by atoms with Crippen LogP contribution in [0.3, 0.4) is 0 Å². The molecule has 0 unspecified atom stereocenters. The van der Waals surface area contributed by atoms with E-state index >= 15 is 0 Å². The Bertz CT molecular complexity index is 352. The van der Waals surface area contributed by atoms with Crippen LogP contribution in [0.5, 0.6) is 0 Å². The molecule has 1 aliphatic heterocycles. The average Bonchev–Trinajstić information content (AvgIpc) is 2.80. The second kappa shape index (κ2) is 5.96. The lowest BCUT2D eigenvalue weighted by Gasteiger charge is -2.31. The Morgan fingerprint density at radius 1 is 1.47 bits per heavy atom. The van der Waals surface area contributed by atoms with E-state index in [1.165, 1.54) is 31.5 Å². The van der Waals surface area contributed by atoms with Crippen LogP contribution in [0.4, 0.5) is 0 Å². The maximum absolute atomic E-state index is 4.18. The van der Waals surface area contributed by atoms with Crippen LogP contribution in [0.15, 0.2) is 24.3 Å². The molecule has 4 nitrogen and oxygen atoms in total. The van der Waals surface area contributed by atoms with Crippen LogP contribution in [-0.2, 0) is 6.54 Å². The fourth-order valence-corrected chi connectivity index (χ4v) is 2.37. The van der Waals surface area contributed by atoms with Crippen molar-refractivity contribution < 1.29 is 0 Å². The molecule has 0 aliphatic carbocycles. The van der Waals surface area contributed by atoms with Crippen LogP contribution in [0.2, 0.25) is 0 Å². The largest absolute Gasteiger partial charge is 0.299 e. The fraction of sp³-hybridized carbons (Fsp3) is 0.692. The van der Waals surface area contributed by atoms with E-state index in [0.29, 0.717) is 0 Å². The van der Waals surface area contributed by atoms with Gasteiger partial charge in [-0.1, -0.05) is 11.6 Å². The van der Waals surface area contributed by atoms with Crippen LogP contribution >= 0.6 is 0 Å². The van der Waals surface area contributed by atoms with Gasteiger partial charge in [0, 0.05) is 19.6 Å². The summed E-state index contributed by atoms with van der Waals surface area (Å²) in [7, 11) is 0. The molecule has 0 bridgehead atoms. The average molecular weight is 234 g/mol. The molecule has 94 valence electrons. The maximum Gasteiger partial charge on any atom is 0.137 e. The van der Waals surface area contributed by atoms with E-state index in [0.717, 1.165) is 19.0 Å². The van der Waals surface area contributed by atoms with Gasteiger partial charge in [-0.3, -0.25) is 9.58 Å². The molecule has 2 rings (SSSR count). The van der Waals surface area contributed by atoms with Crippen molar-refractivity contribution in [2.45, 2.75) is 33.2 Å². The van der Waals surface area contributed by atoms with Gasteiger partial charge in [0.05, 0.1) is 0 Å². The molecular formula is C13H22N4. The van der Waals surface area contributed by atoms with E-state index < -0.39 is 0 Å². The molecule has 1 aromatic heterocycles. The third-order valence-electron chi connectivity index (χ3n) is 3.27. The zero-order valence-corrected chi connectivity index (χ0v) is 10.8. The quantitative estimate of drug-likeness (QED) is 0.747. The summed E-state index contributed by atoms with van der Waals surface area (Å²) >= 11 is 0. The van der Waals surface area contributed by atoms with Gasteiger partial charge in [0.15, 0.2) is 0 Å². The lowest BCUT2D eigenvalue weighted by molar-refractivity contribution is 0.174. The van der Waals surface area contributed by atoms with E-state index in [-0.39, 0.29) is 0 Å². The molecule has 0 saturated carbocycles. The third kappa shape index (κ3) is 3.97. The van der Waals surface area contributed by atoms with Crippen LogP contribution in [0.1, 0.15) is 26.7 Å². The highest BCUT2D eigenvalue weighted by molar-refractivity contribution is 4.95. The number of aromatic nitrogens is 3. The summed E-state index contributed by atoms with van der Waals surface area (Å²) in [5.74, 6) is 0.719. The van der Waals surface area contributed by atoms with Crippen LogP contribution in [0.25, 0.3) is 0 Å². The van der Waals surface area contributed by atoms with E-state index in [1.54, 1.807) is 6.33 Å². The molecule has 1 aliphatic rings. The Labute approximate surface area is 103 Å². The molecular weight excluding hydrogens is 212 g/mol. The van der Waals surface area contributed by atoms with Gasteiger partial charge in [-0.05, 0) is 39.2 Å². The molecule has 0 radical (unpaired) electrons. The number of likely N-dealkylation sites (tertiary alicyclic amines) is 1. The molecule has 0 N–H and O–H groups in total. The van der Waals surface area contributed by atoms with Gasteiger partial charge < -0.3 is 0 Å². The van der Waals surface area contributed by atoms with E-state index in [1.807, 2.05) is 11.0 Å². The molecule has 0 spiro atoms. The Morgan fingerprint density at radius 2 is 2.35 bits per heavy atom. The highest BCUT2D eigenvalue weighted by Crippen LogP contribution is 2.17. The van der Waals surface area contributed by atoms with Crippen LogP contribution in [0, 0.1) is 5.92 Å². The molecule has 17 heavy (non-hydrogen) atoms. The summed E-state index contributed by atoms with van der Waals surface area (Å²) in [6, 6.07) is 0. The highest BCUT2D eigenvalue weighted by Gasteiger charge is 2.19. The zero-order chi connectivity index (χ0) is 12.1. The van der Waals surface area contributed by atoms with Gasteiger partial charge in [-0.2, -0.15) is 5.10 Å². The summed E-state index contributed by atoms with van der Waals surface area (Å²) in [6.45, 7) is 8.84. The van der Waals surface area contributed by atoms with Crippen molar-refractivity contribution in [2.24, 2.45) is 5.92 Å². The summed E-state index contributed by atoms with van der Waals surface area (Å²) in [5.41, 5.74) is 1.41. The first kappa shape index (κ1) is 12.3. The minimum Gasteiger partial charge on any atom is -0.299 e. The summed E-state index contributed by atoms with van der Waals surface area (Å²) in [4.78, 5) is 6.53. The smallest absolute Gasteiger partial charge is 0.137 e. The Kier molecular flexibility index (Phi) is 4.31. The summed E-state index contributed by atoms with van der Waals surface area (Å²) < 4.78 is 1.95. The van der Waals surface area contributed by atoms with Crippen molar-refractivity contribution in [1.82, 2.24) is 19.7 Å². The molecule has 2 heterocycles. The first-order valence-corrected chi connectivity index (χ1v) is 6.42. The maximum atomic E-state index is 4.18. The number of hydrogen-bond donors (Lipinski definition) is 0. The number of allylic oxidation sites excluding steroid dienone is 1. The molecule has 1 atom stereocenters. The second-order valence-electron chi connectivity index (χ2n) is 5.17. The molecule has 0 amide bonds. The van der Waals surface area contributed by atoms with Crippen LogP contribution < -0.4 is 0 Å². The second-order valence-corrected chi connectivity index (χ2v) is 5.17. The Balaban J connectivity index is 1.82. The van der Waals surface area contributed by atoms with Crippen molar-refractivity contribution in [3.63, 3.8) is 0 Å². The Morgan fingerprint density at radius 3 is 3.06 bits per heavy atom. The fourth-order valence-electron chi connectivity index (χ4n) is 2.37. The lowest BCUT2D eigenvalue weighted by Crippen LogP contribution is -2.37. The van der Waals surface area contributed by atoms with Crippen molar-refractivity contribution in [2.75, 3.05) is 19.6 Å². The summed E-state index contributed by atoms with van der Waals surface area (Å²) in [6.07, 6.45) is 8.36. The van der Waals surface area contributed by atoms with Gasteiger partial charge in [0.1, 0.15) is 12.7 Å². The van der Waals surface area contributed by atoms with E-state index in [4.69, 9.17) is 0 Å². The van der Waals surface area contributed by atoms with Gasteiger partial charge in [0.25, 0.3) is 0 Å². The molecule has 0 aromatic carbocycles. The summed E-state index contributed by atoms with van der Waals surface area (Å²) in [5, 5.41) is 4.18. The molecule has 1 saturated heterocycles. The lowest BCUT2D eigenvalue weighted by atomic mass is 9.98. The first-order chi connectivity index (χ1) is 8.24. The minimum absolute atomic E-state index is 0.719. The van der Waals surface area contributed by atoms with Crippen molar-refractivity contribution >= 4 is 0 Å². The molecule has 1 aromatic rings. The zero-order valence-electron chi connectivity index (χ0n) is 10.8. The minimum atomic E-state index is 0.719. The highest BCUT2D eigenvalue weighted by atomic mass is 15.3. The van der Waals surface area contributed by atoms with E-state index in [9.17, 15) is 0 Å². The van der Waals surface area contributed by atoms with E-state index in [2.05, 4.69) is 34.9 Å². The van der Waals surface area contributed by atoms with Gasteiger partial charge in [0.2, 0.25) is 0 Å². The monoisotopic (exact) mass is 234 g/mol. The molecule has 1 fully saturated rings. The predicted molar refractivity (Wildman–Crippen MR) is 68.6 cm³/mol. The van der Waals surface area contributed by atoms with Crippen molar-refractivity contribution in [3.05, 3.63) is 24.3 Å². The predicted octanol–water partition coefficient (Wildman–Crippen LogP) is 1.96. The third-order valence-corrected chi connectivity index (χ3v) is 3.27. The number of nitrogens with zero attached hydrogens (tertiary/aromatic N) is 4. The molecule has 4 heteroatoms.